The van der Waals surface area contributed by atoms with Crippen LogP contribution in [0.1, 0.15) is 18.1 Å². The average Bonchev–Trinajstić information content (AvgIpc) is 3.31. The summed E-state index contributed by atoms with van der Waals surface area (Å²) in [5.74, 6) is 0.0757. The van der Waals surface area contributed by atoms with E-state index in [1.54, 1.807) is 0 Å². The summed E-state index contributed by atoms with van der Waals surface area (Å²) in [5.41, 5.74) is 2.33. The predicted molar refractivity (Wildman–Crippen MR) is 109 cm³/mol. The molecule has 5 nitrogen and oxygen atoms in total. The van der Waals surface area contributed by atoms with Crippen LogP contribution in [0.3, 0.4) is 0 Å². The number of fused-ring (bicyclic) bond motifs is 2. The number of hydrogen-bond acceptors (Lipinski definition) is 3. The summed E-state index contributed by atoms with van der Waals surface area (Å²) in [6.45, 7) is 2.88. The molecule has 2 aliphatic rings. The summed E-state index contributed by atoms with van der Waals surface area (Å²) < 4.78 is 8.12. The van der Waals surface area contributed by atoms with Crippen LogP contribution in [0.5, 0.6) is 0 Å². The van der Waals surface area contributed by atoms with Crippen LogP contribution >= 0.6 is 0 Å². The van der Waals surface area contributed by atoms with Crippen molar-refractivity contribution in [2.45, 2.75) is 31.2 Å². The molecule has 0 radical (unpaired) electrons. The van der Waals surface area contributed by atoms with E-state index < -0.39 is 0 Å². The van der Waals surface area contributed by atoms with E-state index in [-0.39, 0.29) is 18.1 Å². The Morgan fingerprint density at radius 2 is 1.86 bits per heavy atom. The topological polar surface area (TPSA) is 46.5 Å². The Bertz CT molecular complexity index is 968. The Morgan fingerprint density at radius 3 is 2.75 bits per heavy atom. The summed E-state index contributed by atoms with van der Waals surface area (Å²) in [4.78, 5) is 15.1. The number of benzene rings is 2. The van der Waals surface area contributed by atoms with Crippen LogP contribution in [0.2, 0.25) is 0 Å². The number of para-hydroxylation sites is 1. The van der Waals surface area contributed by atoms with Gasteiger partial charge in [-0.1, -0.05) is 48.5 Å². The zero-order valence-electron chi connectivity index (χ0n) is 15.8. The smallest absolute Gasteiger partial charge is 0.240 e. The molecule has 1 aromatic heterocycles. The Kier molecular flexibility index (Phi) is 4.63. The minimum Gasteiger partial charge on any atom is -0.371 e. The number of carbonyl (C=O) groups excluding carboxylic acids is 1. The number of nitrogens with one attached hydrogen (secondary N) is 1. The molecule has 144 valence electrons. The van der Waals surface area contributed by atoms with Gasteiger partial charge in [0.15, 0.2) is 0 Å². The first-order valence-electron chi connectivity index (χ1n) is 10.00. The molecular formula is C23H25N3O2. The van der Waals surface area contributed by atoms with Gasteiger partial charge in [-0.2, -0.15) is 0 Å². The molecule has 0 aliphatic carbocycles. The lowest BCUT2D eigenvalue weighted by molar-refractivity contribution is -0.122. The first-order chi connectivity index (χ1) is 13.8. The van der Waals surface area contributed by atoms with E-state index in [1.807, 2.05) is 29.0 Å². The van der Waals surface area contributed by atoms with Crippen molar-refractivity contribution in [3.8, 4) is 0 Å². The number of amides is 1. The van der Waals surface area contributed by atoms with Crippen LogP contribution in [-0.2, 0) is 16.1 Å². The second-order valence-electron chi connectivity index (χ2n) is 7.84. The fraction of sp³-hybridized carbons (Fsp3) is 0.348. The molecule has 1 N–H and O–H groups in total. The van der Waals surface area contributed by atoms with Gasteiger partial charge in [-0.15, -0.1) is 0 Å². The lowest BCUT2D eigenvalue weighted by atomic mass is 10.1. The maximum absolute atomic E-state index is 12.6. The van der Waals surface area contributed by atoms with Gasteiger partial charge in [0.1, 0.15) is 6.54 Å². The Hall–Kier alpha value is -2.63. The van der Waals surface area contributed by atoms with E-state index in [0.717, 1.165) is 37.0 Å². The first-order valence-corrected chi connectivity index (χ1v) is 10.00. The minimum absolute atomic E-state index is 0.0757. The molecule has 1 amide bonds. The average molecular weight is 375 g/mol. The highest BCUT2D eigenvalue weighted by molar-refractivity contribution is 5.83. The molecule has 5 heteroatoms. The fourth-order valence-electron chi connectivity index (χ4n) is 4.55. The quantitative estimate of drug-likeness (QED) is 0.763. The zero-order valence-corrected chi connectivity index (χ0v) is 15.8. The molecule has 3 aromatic rings. The number of rotatable bonds is 4. The molecule has 2 saturated heterocycles. The molecule has 0 saturated carbocycles. The van der Waals surface area contributed by atoms with Gasteiger partial charge in [0.2, 0.25) is 5.91 Å². The van der Waals surface area contributed by atoms with E-state index in [1.165, 1.54) is 5.56 Å². The van der Waals surface area contributed by atoms with Crippen LogP contribution in [-0.4, -0.2) is 47.2 Å². The Morgan fingerprint density at radius 1 is 1.04 bits per heavy atom. The van der Waals surface area contributed by atoms with Gasteiger partial charge in [0.05, 0.1) is 12.7 Å². The molecule has 2 fully saturated rings. The summed E-state index contributed by atoms with van der Waals surface area (Å²) in [6, 6.07) is 21.2. The third-order valence-corrected chi connectivity index (χ3v) is 5.95. The number of ether oxygens (including phenoxy) is 1. The Labute approximate surface area is 164 Å². The maximum Gasteiger partial charge on any atom is 0.240 e. The SMILES string of the molecule is O=C(Cn1ccc2ccccc21)N[C@@H]1C[C@H]2CO[C@@H](c3ccccc3)CN2C1. The highest BCUT2D eigenvalue weighted by Crippen LogP contribution is 2.30. The van der Waals surface area contributed by atoms with Crippen LogP contribution < -0.4 is 5.32 Å². The minimum atomic E-state index is 0.0757. The highest BCUT2D eigenvalue weighted by atomic mass is 16.5. The molecule has 3 atom stereocenters. The molecule has 5 rings (SSSR count). The normalized spacial score (nSPS) is 24.9. The third-order valence-electron chi connectivity index (χ3n) is 5.95. The van der Waals surface area contributed by atoms with E-state index in [0.29, 0.717) is 12.6 Å². The summed E-state index contributed by atoms with van der Waals surface area (Å²) in [7, 11) is 0. The van der Waals surface area contributed by atoms with E-state index in [9.17, 15) is 4.79 Å². The van der Waals surface area contributed by atoms with Crippen molar-refractivity contribution in [3.63, 3.8) is 0 Å². The number of hydrogen-bond donors (Lipinski definition) is 1. The standard InChI is InChI=1S/C23H25N3O2/c27-23(15-25-11-10-17-6-4-5-9-21(17)25)24-19-12-20-16-28-22(14-26(20)13-19)18-7-2-1-3-8-18/h1-11,19-20,22H,12-16H2,(H,24,27)/t19-,20+,22-/m1/s1. The highest BCUT2D eigenvalue weighted by Gasteiger charge is 2.38. The van der Waals surface area contributed by atoms with Crippen molar-refractivity contribution in [2.75, 3.05) is 19.7 Å². The number of nitrogens with zero attached hydrogens (tertiary/aromatic N) is 2. The lowest BCUT2D eigenvalue weighted by Gasteiger charge is -2.35. The molecule has 0 unspecified atom stereocenters. The van der Waals surface area contributed by atoms with Gasteiger partial charge in [-0.05, 0) is 29.5 Å². The second kappa shape index (κ2) is 7.41. The summed E-state index contributed by atoms with van der Waals surface area (Å²) in [5, 5.41) is 4.40. The van der Waals surface area contributed by atoms with E-state index >= 15 is 0 Å². The van der Waals surface area contributed by atoms with Gasteiger partial charge >= 0.3 is 0 Å². The molecule has 28 heavy (non-hydrogen) atoms. The van der Waals surface area contributed by atoms with Crippen molar-refractivity contribution < 1.29 is 9.53 Å². The molecule has 2 aliphatic heterocycles. The zero-order chi connectivity index (χ0) is 18.9. The summed E-state index contributed by atoms with van der Waals surface area (Å²) in [6.07, 6.45) is 3.07. The van der Waals surface area contributed by atoms with Gasteiger partial charge in [-0.25, -0.2) is 0 Å². The molecule has 3 heterocycles. The first kappa shape index (κ1) is 17.5. The molecule has 2 aromatic carbocycles. The lowest BCUT2D eigenvalue weighted by Crippen LogP contribution is -2.43. The van der Waals surface area contributed by atoms with Crippen molar-refractivity contribution >= 4 is 16.8 Å². The van der Waals surface area contributed by atoms with Gasteiger partial charge in [-0.3, -0.25) is 9.69 Å². The van der Waals surface area contributed by atoms with Gasteiger partial charge in [0, 0.05) is 36.9 Å². The number of morpholine rings is 1. The number of aromatic nitrogens is 1. The van der Waals surface area contributed by atoms with Crippen LogP contribution in [0.4, 0.5) is 0 Å². The molecule has 0 spiro atoms. The largest absolute Gasteiger partial charge is 0.371 e. The molecular weight excluding hydrogens is 350 g/mol. The predicted octanol–water partition coefficient (Wildman–Crippen LogP) is 2.97. The molecule has 0 bridgehead atoms. The monoisotopic (exact) mass is 375 g/mol. The van der Waals surface area contributed by atoms with Crippen LogP contribution in [0.15, 0.2) is 66.9 Å². The fourth-order valence-corrected chi connectivity index (χ4v) is 4.55. The van der Waals surface area contributed by atoms with Crippen LogP contribution in [0.25, 0.3) is 10.9 Å². The second-order valence-corrected chi connectivity index (χ2v) is 7.84. The van der Waals surface area contributed by atoms with Gasteiger partial charge in [0.25, 0.3) is 0 Å². The summed E-state index contributed by atoms with van der Waals surface area (Å²) >= 11 is 0. The van der Waals surface area contributed by atoms with E-state index in [4.69, 9.17) is 4.74 Å². The third kappa shape index (κ3) is 3.43. The van der Waals surface area contributed by atoms with Crippen molar-refractivity contribution in [2.24, 2.45) is 0 Å². The van der Waals surface area contributed by atoms with Crippen molar-refractivity contribution in [3.05, 3.63) is 72.4 Å². The van der Waals surface area contributed by atoms with Crippen molar-refractivity contribution in [1.29, 1.82) is 0 Å². The van der Waals surface area contributed by atoms with E-state index in [2.05, 4.69) is 52.7 Å². The Balaban J connectivity index is 1.19. The van der Waals surface area contributed by atoms with Crippen LogP contribution in [0, 0.1) is 0 Å². The number of carbonyl (C=O) groups is 1. The maximum atomic E-state index is 12.6. The van der Waals surface area contributed by atoms with Gasteiger partial charge < -0.3 is 14.6 Å². The van der Waals surface area contributed by atoms with Crippen molar-refractivity contribution in [1.82, 2.24) is 14.8 Å².